The smallest absolute Gasteiger partial charge is 0.0670 e. The molecule has 94 valence electrons. The first-order chi connectivity index (χ1) is 7.57. The molecule has 1 spiro atoms. The molecule has 1 saturated heterocycles. The highest BCUT2D eigenvalue weighted by Crippen LogP contribution is 2.44. The lowest BCUT2D eigenvalue weighted by atomic mass is 10.1. The number of rotatable bonds is 4. The minimum atomic E-state index is 0.364. The van der Waals surface area contributed by atoms with Crippen molar-refractivity contribution in [3.63, 3.8) is 0 Å². The number of methoxy groups -OCH3 is 1. The van der Waals surface area contributed by atoms with Crippen molar-refractivity contribution in [1.29, 1.82) is 0 Å². The average molecular weight is 226 g/mol. The molecule has 0 aromatic rings. The molecule has 1 unspecified atom stereocenters. The summed E-state index contributed by atoms with van der Waals surface area (Å²) in [6.07, 6.45) is 3.13. The first kappa shape index (κ1) is 12.3. The van der Waals surface area contributed by atoms with Gasteiger partial charge in [-0.25, -0.2) is 0 Å². The molecule has 0 radical (unpaired) electrons. The predicted molar refractivity (Wildman–Crippen MR) is 66.7 cm³/mol. The van der Waals surface area contributed by atoms with Crippen LogP contribution in [0.15, 0.2) is 0 Å². The number of piperazine rings is 1. The van der Waals surface area contributed by atoms with Crippen LogP contribution in [0.1, 0.15) is 33.6 Å². The van der Waals surface area contributed by atoms with Crippen molar-refractivity contribution in [1.82, 2.24) is 9.80 Å². The highest BCUT2D eigenvalue weighted by molar-refractivity contribution is 5.08. The van der Waals surface area contributed by atoms with Crippen LogP contribution < -0.4 is 0 Å². The molecule has 0 amide bonds. The molecule has 2 rings (SSSR count). The molecule has 1 aliphatic carbocycles. The molecule has 0 aromatic carbocycles. The van der Waals surface area contributed by atoms with Crippen LogP contribution in [0.5, 0.6) is 0 Å². The van der Waals surface area contributed by atoms with Gasteiger partial charge in [0.1, 0.15) is 0 Å². The van der Waals surface area contributed by atoms with Crippen LogP contribution in [0.2, 0.25) is 0 Å². The molecule has 3 nitrogen and oxygen atoms in total. The molecule has 2 aliphatic rings. The van der Waals surface area contributed by atoms with Gasteiger partial charge in [0.2, 0.25) is 0 Å². The maximum atomic E-state index is 5.39. The highest BCUT2D eigenvalue weighted by atomic mass is 16.5. The Kier molecular flexibility index (Phi) is 3.57. The van der Waals surface area contributed by atoms with Gasteiger partial charge in [0, 0.05) is 44.9 Å². The van der Waals surface area contributed by atoms with E-state index in [1.807, 2.05) is 7.11 Å². The zero-order chi connectivity index (χ0) is 11.8. The van der Waals surface area contributed by atoms with Crippen molar-refractivity contribution in [3.05, 3.63) is 0 Å². The summed E-state index contributed by atoms with van der Waals surface area (Å²) in [7, 11) is 1.81. The zero-order valence-corrected chi connectivity index (χ0v) is 11.2. The summed E-state index contributed by atoms with van der Waals surface area (Å²) in [5.41, 5.74) is 0.509. The van der Waals surface area contributed by atoms with Gasteiger partial charge in [0.25, 0.3) is 0 Å². The number of hydrogen-bond donors (Lipinski definition) is 0. The average Bonchev–Trinajstić information content (AvgIpc) is 3.01. The largest absolute Gasteiger partial charge is 0.380 e. The molecule has 0 aromatic heterocycles. The van der Waals surface area contributed by atoms with Gasteiger partial charge in [0.15, 0.2) is 0 Å². The summed E-state index contributed by atoms with van der Waals surface area (Å²) in [5, 5.41) is 0. The van der Waals surface area contributed by atoms with Gasteiger partial charge >= 0.3 is 0 Å². The summed E-state index contributed by atoms with van der Waals surface area (Å²) in [6.45, 7) is 11.6. The van der Waals surface area contributed by atoms with E-state index in [0.717, 1.165) is 6.54 Å². The van der Waals surface area contributed by atoms with E-state index in [1.54, 1.807) is 0 Å². The van der Waals surface area contributed by atoms with Gasteiger partial charge in [-0.15, -0.1) is 0 Å². The molecule has 1 heterocycles. The van der Waals surface area contributed by atoms with Crippen LogP contribution in [-0.4, -0.2) is 60.8 Å². The van der Waals surface area contributed by atoms with E-state index in [2.05, 4.69) is 30.6 Å². The van der Waals surface area contributed by atoms with Gasteiger partial charge in [-0.1, -0.05) is 0 Å². The highest BCUT2D eigenvalue weighted by Gasteiger charge is 2.51. The molecular formula is C13H26N2O. The van der Waals surface area contributed by atoms with Crippen LogP contribution in [0.4, 0.5) is 0 Å². The van der Waals surface area contributed by atoms with Crippen molar-refractivity contribution in [2.75, 3.05) is 33.3 Å². The molecule has 1 saturated carbocycles. The van der Waals surface area contributed by atoms with Crippen molar-refractivity contribution in [2.24, 2.45) is 0 Å². The van der Waals surface area contributed by atoms with E-state index in [-0.39, 0.29) is 0 Å². The van der Waals surface area contributed by atoms with Crippen LogP contribution in [-0.2, 0) is 4.74 Å². The van der Waals surface area contributed by atoms with E-state index in [0.29, 0.717) is 17.7 Å². The summed E-state index contributed by atoms with van der Waals surface area (Å²) < 4.78 is 5.39. The van der Waals surface area contributed by atoms with Crippen LogP contribution in [0.3, 0.4) is 0 Å². The Morgan fingerprint density at radius 2 is 1.88 bits per heavy atom. The SMILES string of the molecule is COC(C)CN1CCN(C(C)C)CC12CC2. The maximum Gasteiger partial charge on any atom is 0.0670 e. The summed E-state index contributed by atoms with van der Waals surface area (Å²) in [6, 6.07) is 0.694. The lowest BCUT2D eigenvalue weighted by molar-refractivity contribution is 0.00230. The molecule has 0 N–H and O–H groups in total. The fraction of sp³-hybridized carbons (Fsp3) is 1.00. The van der Waals surface area contributed by atoms with Crippen LogP contribution in [0, 0.1) is 0 Å². The Morgan fingerprint density at radius 3 is 2.38 bits per heavy atom. The quantitative estimate of drug-likeness (QED) is 0.724. The number of nitrogens with zero attached hydrogens (tertiary/aromatic N) is 2. The lowest BCUT2D eigenvalue weighted by Gasteiger charge is -2.44. The Balaban J connectivity index is 1.92. The predicted octanol–water partition coefficient (Wildman–Crippen LogP) is 1.58. The van der Waals surface area contributed by atoms with Gasteiger partial charge in [-0.05, 0) is 33.6 Å². The van der Waals surface area contributed by atoms with Crippen molar-refractivity contribution in [2.45, 2.75) is 51.3 Å². The van der Waals surface area contributed by atoms with Gasteiger partial charge in [-0.2, -0.15) is 0 Å². The molecule has 1 atom stereocenters. The van der Waals surface area contributed by atoms with Crippen LogP contribution in [0.25, 0.3) is 0 Å². The van der Waals surface area contributed by atoms with Crippen molar-refractivity contribution < 1.29 is 4.74 Å². The molecular weight excluding hydrogens is 200 g/mol. The summed E-state index contributed by atoms with van der Waals surface area (Å²) >= 11 is 0. The van der Waals surface area contributed by atoms with Crippen LogP contribution >= 0.6 is 0 Å². The third-order valence-corrected chi connectivity index (χ3v) is 4.26. The molecule has 3 heteroatoms. The minimum absolute atomic E-state index is 0.364. The van der Waals surface area contributed by atoms with E-state index in [4.69, 9.17) is 4.74 Å². The second kappa shape index (κ2) is 4.63. The van der Waals surface area contributed by atoms with Crippen molar-refractivity contribution in [3.8, 4) is 0 Å². The standard InChI is InChI=1S/C13H26N2O/c1-11(2)14-7-8-15(9-12(3)16-4)13(10-14)5-6-13/h11-12H,5-10H2,1-4H3. The van der Waals surface area contributed by atoms with Gasteiger partial charge < -0.3 is 4.74 Å². The Bertz CT molecular complexity index is 238. The van der Waals surface area contributed by atoms with E-state index < -0.39 is 0 Å². The lowest BCUT2D eigenvalue weighted by Crippen LogP contribution is -2.57. The second-order valence-corrected chi connectivity index (χ2v) is 5.78. The normalized spacial score (nSPS) is 27.6. The zero-order valence-electron chi connectivity index (χ0n) is 11.2. The van der Waals surface area contributed by atoms with E-state index in [9.17, 15) is 0 Å². The fourth-order valence-corrected chi connectivity index (χ4v) is 2.77. The van der Waals surface area contributed by atoms with E-state index >= 15 is 0 Å². The van der Waals surface area contributed by atoms with Gasteiger partial charge in [-0.3, -0.25) is 9.80 Å². The second-order valence-electron chi connectivity index (χ2n) is 5.78. The number of hydrogen-bond acceptors (Lipinski definition) is 3. The van der Waals surface area contributed by atoms with E-state index in [1.165, 1.54) is 32.5 Å². The summed E-state index contributed by atoms with van der Waals surface area (Å²) in [5.74, 6) is 0. The third-order valence-electron chi connectivity index (χ3n) is 4.26. The number of ether oxygens (including phenoxy) is 1. The van der Waals surface area contributed by atoms with Gasteiger partial charge in [0.05, 0.1) is 6.10 Å². The first-order valence-corrected chi connectivity index (χ1v) is 6.59. The molecule has 16 heavy (non-hydrogen) atoms. The minimum Gasteiger partial charge on any atom is -0.380 e. The molecule has 2 fully saturated rings. The summed E-state index contributed by atoms with van der Waals surface area (Å²) in [4.78, 5) is 5.29. The maximum absolute atomic E-state index is 5.39. The third kappa shape index (κ3) is 2.41. The monoisotopic (exact) mass is 226 g/mol. The molecule has 1 aliphatic heterocycles. The Labute approximate surface area is 99.7 Å². The Hall–Kier alpha value is -0.120. The topological polar surface area (TPSA) is 15.7 Å². The molecule has 0 bridgehead atoms. The van der Waals surface area contributed by atoms with Crippen molar-refractivity contribution >= 4 is 0 Å². The first-order valence-electron chi connectivity index (χ1n) is 6.59. The fourth-order valence-electron chi connectivity index (χ4n) is 2.77. The Morgan fingerprint density at radius 1 is 1.19 bits per heavy atom.